The van der Waals surface area contributed by atoms with E-state index < -0.39 is 5.54 Å². The van der Waals surface area contributed by atoms with Gasteiger partial charge in [0.2, 0.25) is 0 Å². The van der Waals surface area contributed by atoms with Crippen molar-refractivity contribution in [2.24, 2.45) is 5.92 Å². The molecule has 0 aromatic heterocycles. The molecule has 2 fully saturated rings. The monoisotopic (exact) mass is 343 g/mol. The van der Waals surface area contributed by atoms with E-state index in [1.165, 1.54) is 0 Å². The Balaban J connectivity index is 1.59. The largest absolute Gasteiger partial charge is 0.489 e. The number of nitrogens with one attached hydrogen (secondary N) is 2. The summed E-state index contributed by atoms with van der Waals surface area (Å²) in [4.78, 5) is 25.9. The lowest BCUT2D eigenvalue weighted by Crippen LogP contribution is -2.53. The molecule has 1 aromatic carbocycles. The van der Waals surface area contributed by atoms with Gasteiger partial charge in [-0.15, -0.1) is 0 Å². The second kappa shape index (κ2) is 7.27. The lowest BCUT2D eigenvalue weighted by atomic mass is 9.79. The number of carbonyl (C=O) groups is 2. The molecule has 25 heavy (non-hydrogen) atoms. The number of hydrogen-bond donors (Lipinski definition) is 2. The molecule has 3 rings (SSSR count). The number of likely N-dealkylation sites (tertiary alicyclic amines) is 1. The molecule has 134 valence electrons. The first-order valence-corrected chi connectivity index (χ1v) is 8.70. The predicted octanol–water partition coefficient (Wildman–Crippen LogP) is 2.06. The first-order valence-electron chi connectivity index (χ1n) is 8.70. The van der Waals surface area contributed by atoms with E-state index in [1.807, 2.05) is 25.1 Å². The van der Waals surface area contributed by atoms with Crippen molar-refractivity contribution in [1.29, 1.82) is 0 Å². The zero-order valence-corrected chi connectivity index (χ0v) is 14.6. The highest BCUT2D eigenvalue weighted by molar-refractivity contribution is 6.06. The van der Waals surface area contributed by atoms with Crippen LogP contribution in [0.5, 0.6) is 5.75 Å². The molecule has 3 amide bonds. The summed E-state index contributed by atoms with van der Waals surface area (Å²) in [5.74, 6) is 0.834. The lowest BCUT2D eigenvalue weighted by Gasteiger charge is -2.38. The average molecular weight is 343 g/mol. The van der Waals surface area contributed by atoms with Crippen LogP contribution >= 0.6 is 0 Å². The number of benzene rings is 1. The molecule has 0 unspecified atom stereocenters. The lowest BCUT2D eigenvalue weighted by molar-refractivity contribution is -0.125. The van der Waals surface area contributed by atoms with Crippen LogP contribution < -0.4 is 15.4 Å². The minimum atomic E-state index is -0.784. The molecular formula is C19H25N3O3. The Morgan fingerprint density at radius 2 is 2.04 bits per heavy atom. The summed E-state index contributed by atoms with van der Waals surface area (Å²) < 4.78 is 5.73. The normalized spacial score (nSPS) is 24.7. The number of rotatable bonds is 6. The van der Waals surface area contributed by atoms with Gasteiger partial charge in [-0.05, 0) is 44.8 Å². The van der Waals surface area contributed by atoms with Crippen molar-refractivity contribution in [3.8, 4) is 5.75 Å². The number of ether oxygens (including phenoxy) is 1. The minimum Gasteiger partial charge on any atom is -0.489 e. The van der Waals surface area contributed by atoms with Gasteiger partial charge in [-0.2, -0.15) is 0 Å². The van der Waals surface area contributed by atoms with Gasteiger partial charge in [-0.25, -0.2) is 4.79 Å². The molecule has 1 aromatic rings. The quantitative estimate of drug-likeness (QED) is 0.613. The number of amides is 3. The summed E-state index contributed by atoms with van der Waals surface area (Å²) in [6, 6.07) is 7.66. The molecule has 2 saturated heterocycles. The third-order valence-electron chi connectivity index (χ3n) is 5.20. The van der Waals surface area contributed by atoms with Crippen LogP contribution in [0.4, 0.5) is 4.79 Å². The number of hydrogen-bond acceptors (Lipinski definition) is 4. The number of urea groups is 1. The maximum atomic E-state index is 12.1. The first-order chi connectivity index (χ1) is 12.0. The summed E-state index contributed by atoms with van der Waals surface area (Å²) in [6.07, 6.45) is 3.49. The molecule has 2 aliphatic heterocycles. The smallest absolute Gasteiger partial charge is 0.322 e. The number of nitrogens with zero attached hydrogens (tertiary/aromatic N) is 1. The second-order valence-electron chi connectivity index (χ2n) is 6.87. The van der Waals surface area contributed by atoms with Crippen molar-refractivity contribution < 1.29 is 14.3 Å². The van der Waals surface area contributed by atoms with Crippen LogP contribution in [0.15, 0.2) is 36.9 Å². The molecule has 0 saturated carbocycles. The summed E-state index contributed by atoms with van der Waals surface area (Å²) in [5, 5.41) is 5.15. The molecule has 0 bridgehead atoms. The second-order valence-corrected chi connectivity index (χ2v) is 6.87. The SMILES string of the molecule is C=CCOc1ccccc1CN1CCC([C@]2(C)NC(=O)NC2=O)CC1. The Hall–Kier alpha value is -2.34. The van der Waals surface area contributed by atoms with E-state index in [2.05, 4.69) is 28.2 Å². The van der Waals surface area contributed by atoms with Crippen LogP contribution in [0.1, 0.15) is 25.3 Å². The van der Waals surface area contributed by atoms with Gasteiger partial charge >= 0.3 is 6.03 Å². The van der Waals surface area contributed by atoms with Crippen LogP contribution in [-0.4, -0.2) is 42.1 Å². The van der Waals surface area contributed by atoms with Crippen LogP contribution in [0.25, 0.3) is 0 Å². The van der Waals surface area contributed by atoms with Crippen LogP contribution in [0.3, 0.4) is 0 Å². The molecule has 1 atom stereocenters. The van der Waals surface area contributed by atoms with E-state index in [-0.39, 0.29) is 17.9 Å². The standard InChI is InChI=1S/C19H25N3O3/c1-3-12-25-16-7-5-4-6-14(16)13-22-10-8-15(9-11-22)19(2)17(23)20-18(24)21-19/h3-7,15H,1,8-13H2,2H3,(H2,20,21,23,24)/t19-/m0/s1. The third kappa shape index (κ3) is 3.69. The Labute approximate surface area is 148 Å². The molecular weight excluding hydrogens is 318 g/mol. The van der Waals surface area contributed by atoms with Crippen LogP contribution in [0, 0.1) is 5.92 Å². The maximum Gasteiger partial charge on any atom is 0.322 e. The molecule has 6 heteroatoms. The molecule has 0 aliphatic carbocycles. The maximum absolute atomic E-state index is 12.1. The molecule has 0 radical (unpaired) electrons. The Morgan fingerprint density at radius 1 is 1.32 bits per heavy atom. The number of para-hydroxylation sites is 1. The first kappa shape index (κ1) is 17.5. The predicted molar refractivity (Wildman–Crippen MR) is 95.2 cm³/mol. The van der Waals surface area contributed by atoms with Crippen molar-refractivity contribution in [3.05, 3.63) is 42.5 Å². The van der Waals surface area contributed by atoms with Gasteiger partial charge in [0, 0.05) is 12.1 Å². The van der Waals surface area contributed by atoms with Gasteiger partial charge in [-0.1, -0.05) is 30.9 Å². The van der Waals surface area contributed by atoms with E-state index in [0.717, 1.165) is 43.8 Å². The van der Waals surface area contributed by atoms with Crippen molar-refractivity contribution >= 4 is 11.9 Å². The summed E-state index contributed by atoms with van der Waals surface area (Å²) in [5.41, 5.74) is 0.370. The van der Waals surface area contributed by atoms with Crippen LogP contribution in [0.2, 0.25) is 0 Å². The Kier molecular flexibility index (Phi) is 5.08. The highest BCUT2D eigenvalue weighted by Gasteiger charge is 2.48. The average Bonchev–Trinajstić information content (AvgIpc) is 2.88. The molecule has 6 nitrogen and oxygen atoms in total. The summed E-state index contributed by atoms with van der Waals surface area (Å²) in [6.45, 7) is 8.60. The molecule has 2 heterocycles. The van der Waals surface area contributed by atoms with E-state index in [9.17, 15) is 9.59 Å². The third-order valence-corrected chi connectivity index (χ3v) is 5.20. The fourth-order valence-corrected chi connectivity index (χ4v) is 3.68. The van der Waals surface area contributed by atoms with Gasteiger partial charge in [0.15, 0.2) is 0 Å². The zero-order valence-electron chi connectivity index (χ0n) is 14.6. The molecule has 0 spiro atoms. The minimum absolute atomic E-state index is 0.155. The molecule has 2 N–H and O–H groups in total. The van der Waals surface area contributed by atoms with Crippen molar-refractivity contribution in [3.63, 3.8) is 0 Å². The fourth-order valence-electron chi connectivity index (χ4n) is 3.68. The molecule has 2 aliphatic rings. The van der Waals surface area contributed by atoms with Crippen molar-refractivity contribution in [2.75, 3.05) is 19.7 Å². The number of carbonyl (C=O) groups excluding carboxylic acids is 2. The van der Waals surface area contributed by atoms with E-state index in [0.29, 0.717) is 6.61 Å². The van der Waals surface area contributed by atoms with Gasteiger partial charge in [0.05, 0.1) is 0 Å². The van der Waals surface area contributed by atoms with E-state index >= 15 is 0 Å². The summed E-state index contributed by atoms with van der Waals surface area (Å²) >= 11 is 0. The zero-order chi connectivity index (χ0) is 17.9. The number of piperidine rings is 1. The summed E-state index contributed by atoms with van der Waals surface area (Å²) in [7, 11) is 0. The number of imide groups is 1. The van der Waals surface area contributed by atoms with E-state index in [4.69, 9.17) is 4.74 Å². The highest BCUT2D eigenvalue weighted by Crippen LogP contribution is 2.31. The van der Waals surface area contributed by atoms with E-state index in [1.54, 1.807) is 6.08 Å². The van der Waals surface area contributed by atoms with Gasteiger partial charge < -0.3 is 10.1 Å². The van der Waals surface area contributed by atoms with Gasteiger partial charge in [-0.3, -0.25) is 15.0 Å². The van der Waals surface area contributed by atoms with Crippen molar-refractivity contribution in [1.82, 2.24) is 15.5 Å². The van der Waals surface area contributed by atoms with Crippen LogP contribution in [-0.2, 0) is 11.3 Å². The fraction of sp³-hybridized carbons (Fsp3) is 0.474. The topological polar surface area (TPSA) is 70.7 Å². The Morgan fingerprint density at radius 3 is 2.68 bits per heavy atom. The highest BCUT2D eigenvalue weighted by atomic mass is 16.5. The van der Waals surface area contributed by atoms with Crippen molar-refractivity contribution in [2.45, 2.75) is 31.8 Å². The Bertz CT molecular complexity index is 668. The van der Waals surface area contributed by atoms with Gasteiger partial charge in [0.25, 0.3) is 5.91 Å². The van der Waals surface area contributed by atoms with Gasteiger partial charge in [0.1, 0.15) is 17.9 Å².